The highest BCUT2D eigenvalue weighted by molar-refractivity contribution is 4.78. The van der Waals surface area contributed by atoms with Crippen LogP contribution in [0.15, 0.2) is 0 Å². The quantitative estimate of drug-likeness (QED) is 0.274. The van der Waals surface area contributed by atoms with Gasteiger partial charge in [-0.15, -0.1) is 0 Å². The molecule has 27 heavy (non-hydrogen) atoms. The molecule has 0 N–H and O–H groups in total. The van der Waals surface area contributed by atoms with Crippen molar-refractivity contribution in [3.05, 3.63) is 0 Å². The van der Waals surface area contributed by atoms with Crippen molar-refractivity contribution in [2.75, 3.05) is 0 Å². The summed E-state index contributed by atoms with van der Waals surface area (Å²) in [6, 6.07) is 0. The molecule has 2 fully saturated rings. The van der Waals surface area contributed by atoms with E-state index in [-0.39, 0.29) is 0 Å². The molecule has 0 aromatic rings. The standard InChI is InChI=1S/C26H50O/c1-3-5-7-9-11-13-23-15-19-25(20-16-23)27-26-21-17-24(18-22-26)14-12-10-8-6-4-2/h23-26H,3-22H2,1-2H3. The molecule has 1 heteroatoms. The Bertz CT molecular complexity index is 291. The van der Waals surface area contributed by atoms with Crippen LogP contribution in [0.3, 0.4) is 0 Å². The van der Waals surface area contributed by atoms with E-state index in [0.29, 0.717) is 12.2 Å². The van der Waals surface area contributed by atoms with Gasteiger partial charge in [-0.3, -0.25) is 0 Å². The summed E-state index contributed by atoms with van der Waals surface area (Å²) in [5.74, 6) is 2.02. The van der Waals surface area contributed by atoms with Gasteiger partial charge in [0.05, 0.1) is 12.2 Å². The van der Waals surface area contributed by atoms with Crippen LogP contribution in [0, 0.1) is 11.8 Å². The Morgan fingerprint density at radius 1 is 0.481 bits per heavy atom. The minimum atomic E-state index is 0.594. The van der Waals surface area contributed by atoms with Crippen LogP contribution in [0.1, 0.15) is 142 Å². The Morgan fingerprint density at radius 3 is 1.22 bits per heavy atom. The normalized spacial score (nSPS) is 29.1. The van der Waals surface area contributed by atoms with Gasteiger partial charge in [0.1, 0.15) is 0 Å². The molecular formula is C26H50O. The first-order valence-electron chi connectivity index (χ1n) is 13.0. The molecule has 2 aliphatic carbocycles. The van der Waals surface area contributed by atoms with E-state index in [1.165, 1.54) is 128 Å². The van der Waals surface area contributed by atoms with Crippen molar-refractivity contribution < 1.29 is 4.74 Å². The Hall–Kier alpha value is -0.0400. The van der Waals surface area contributed by atoms with Crippen molar-refractivity contribution in [2.45, 2.75) is 154 Å². The summed E-state index contributed by atoms with van der Waals surface area (Å²) in [7, 11) is 0. The van der Waals surface area contributed by atoms with Gasteiger partial charge in [0, 0.05) is 0 Å². The lowest BCUT2D eigenvalue weighted by molar-refractivity contribution is -0.0572. The van der Waals surface area contributed by atoms with Gasteiger partial charge in [0.2, 0.25) is 0 Å². The summed E-state index contributed by atoms with van der Waals surface area (Å²) < 4.78 is 6.54. The second kappa shape index (κ2) is 14.9. The summed E-state index contributed by atoms with van der Waals surface area (Å²) >= 11 is 0. The number of hydrogen-bond acceptors (Lipinski definition) is 1. The van der Waals surface area contributed by atoms with Gasteiger partial charge >= 0.3 is 0 Å². The van der Waals surface area contributed by atoms with Crippen LogP contribution in [-0.4, -0.2) is 12.2 Å². The second-order valence-electron chi connectivity index (χ2n) is 9.83. The van der Waals surface area contributed by atoms with Crippen LogP contribution in [0.25, 0.3) is 0 Å². The van der Waals surface area contributed by atoms with Crippen molar-refractivity contribution in [3.8, 4) is 0 Å². The molecule has 0 atom stereocenters. The van der Waals surface area contributed by atoms with Crippen molar-refractivity contribution in [1.82, 2.24) is 0 Å². The smallest absolute Gasteiger partial charge is 0.0579 e. The van der Waals surface area contributed by atoms with Crippen molar-refractivity contribution in [1.29, 1.82) is 0 Å². The van der Waals surface area contributed by atoms with Gasteiger partial charge in [0.25, 0.3) is 0 Å². The Morgan fingerprint density at radius 2 is 0.852 bits per heavy atom. The highest BCUT2D eigenvalue weighted by Gasteiger charge is 2.27. The van der Waals surface area contributed by atoms with E-state index in [4.69, 9.17) is 4.74 Å². The van der Waals surface area contributed by atoms with Crippen LogP contribution in [0.4, 0.5) is 0 Å². The van der Waals surface area contributed by atoms with E-state index in [1.54, 1.807) is 0 Å². The predicted octanol–water partition coefficient (Wildman–Crippen LogP) is 8.84. The average molecular weight is 379 g/mol. The van der Waals surface area contributed by atoms with Crippen molar-refractivity contribution >= 4 is 0 Å². The molecule has 1 nitrogen and oxygen atoms in total. The minimum Gasteiger partial charge on any atom is -0.375 e. The zero-order chi connectivity index (χ0) is 19.2. The summed E-state index contributed by atoms with van der Waals surface area (Å²) in [5.41, 5.74) is 0. The first kappa shape index (κ1) is 23.2. The number of hydrogen-bond donors (Lipinski definition) is 0. The van der Waals surface area contributed by atoms with Gasteiger partial charge in [-0.1, -0.05) is 90.9 Å². The maximum atomic E-state index is 6.54. The summed E-state index contributed by atoms with van der Waals surface area (Å²) in [6.07, 6.45) is 29.7. The topological polar surface area (TPSA) is 9.23 Å². The molecule has 0 saturated heterocycles. The molecule has 160 valence electrons. The third-order valence-electron chi connectivity index (χ3n) is 7.40. The van der Waals surface area contributed by atoms with Crippen LogP contribution < -0.4 is 0 Å². The minimum absolute atomic E-state index is 0.594. The SMILES string of the molecule is CCCCCCCC1CCC(OC2CCC(CCCCCCC)CC2)CC1. The molecule has 2 rings (SSSR count). The van der Waals surface area contributed by atoms with E-state index in [0.717, 1.165) is 11.8 Å². The van der Waals surface area contributed by atoms with Crippen LogP contribution in [0.5, 0.6) is 0 Å². The molecule has 0 aliphatic heterocycles. The molecule has 0 spiro atoms. The second-order valence-corrected chi connectivity index (χ2v) is 9.83. The lowest BCUT2D eigenvalue weighted by Gasteiger charge is -2.34. The zero-order valence-corrected chi connectivity index (χ0v) is 18.9. The Kier molecular flexibility index (Phi) is 12.8. The molecule has 0 radical (unpaired) electrons. The summed E-state index contributed by atoms with van der Waals surface area (Å²) in [4.78, 5) is 0. The third-order valence-corrected chi connectivity index (χ3v) is 7.40. The predicted molar refractivity (Wildman–Crippen MR) is 119 cm³/mol. The van der Waals surface area contributed by atoms with Gasteiger partial charge in [-0.25, -0.2) is 0 Å². The summed E-state index contributed by atoms with van der Waals surface area (Å²) in [5, 5.41) is 0. The number of rotatable bonds is 14. The van der Waals surface area contributed by atoms with Gasteiger partial charge < -0.3 is 4.74 Å². The zero-order valence-electron chi connectivity index (χ0n) is 18.9. The van der Waals surface area contributed by atoms with Gasteiger partial charge in [-0.2, -0.15) is 0 Å². The fraction of sp³-hybridized carbons (Fsp3) is 1.00. The van der Waals surface area contributed by atoms with Crippen molar-refractivity contribution in [3.63, 3.8) is 0 Å². The van der Waals surface area contributed by atoms with Crippen LogP contribution in [-0.2, 0) is 4.74 Å². The Labute approximate surface area is 171 Å². The first-order chi connectivity index (χ1) is 13.3. The van der Waals surface area contributed by atoms with Gasteiger partial charge in [-0.05, 0) is 63.2 Å². The van der Waals surface area contributed by atoms with Crippen molar-refractivity contribution in [2.24, 2.45) is 11.8 Å². The Balaban J connectivity index is 1.47. The van der Waals surface area contributed by atoms with E-state index in [1.807, 2.05) is 0 Å². The molecule has 0 aromatic heterocycles. The summed E-state index contributed by atoms with van der Waals surface area (Å²) in [6.45, 7) is 4.62. The molecule has 0 heterocycles. The lowest BCUT2D eigenvalue weighted by Crippen LogP contribution is -2.29. The highest BCUT2D eigenvalue weighted by atomic mass is 16.5. The molecule has 2 saturated carbocycles. The number of unbranched alkanes of at least 4 members (excludes halogenated alkanes) is 8. The van der Waals surface area contributed by atoms with Gasteiger partial charge in [0.15, 0.2) is 0 Å². The average Bonchev–Trinajstić information content (AvgIpc) is 2.70. The van der Waals surface area contributed by atoms with Crippen LogP contribution >= 0.6 is 0 Å². The fourth-order valence-corrected chi connectivity index (χ4v) is 5.46. The fourth-order valence-electron chi connectivity index (χ4n) is 5.46. The molecule has 0 aromatic carbocycles. The highest BCUT2D eigenvalue weighted by Crippen LogP contribution is 2.35. The molecule has 0 bridgehead atoms. The monoisotopic (exact) mass is 378 g/mol. The molecule has 0 unspecified atom stereocenters. The largest absolute Gasteiger partial charge is 0.375 e. The van der Waals surface area contributed by atoms with E-state index in [9.17, 15) is 0 Å². The maximum Gasteiger partial charge on any atom is 0.0579 e. The van der Waals surface area contributed by atoms with E-state index < -0.39 is 0 Å². The maximum absolute atomic E-state index is 6.54. The number of ether oxygens (including phenoxy) is 1. The molecular weight excluding hydrogens is 328 g/mol. The van der Waals surface area contributed by atoms with Crippen LogP contribution in [0.2, 0.25) is 0 Å². The van der Waals surface area contributed by atoms with E-state index >= 15 is 0 Å². The first-order valence-corrected chi connectivity index (χ1v) is 13.0. The van der Waals surface area contributed by atoms with E-state index in [2.05, 4.69) is 13.8 Å². The molecule has 0 amide bonds. The molecule has 2 aliphatic rings. The lowest BCUT2D eigenvalue weighted by atomic mass is 9.82. The third kappa shape index (κ3) is 10.3.